The van der Waals surface area contributed by atoms with E-state index >= 15 is 0 Å². The number of aromatic nitrogens is 2. The molecule has 1 aromatic heterocycles. The molecule has 0 saturated heterocycles. The maximum Gasteiger partial charge on any atom is 0.289 e. The van der Waals surface area contributed by atoms with Gasteiger partial charge in [-0.15, -0.1) is 0 Å². The first kappa shape index (κ1) is 18.2. The summed E-state index contributed by atoms with van der Waals surface area (Å²) < 4.78 is 0. The van der Waals surface area contributed by atoms with Gasteiger partial charge < -0.3 is 0 Å². The fourth-order valence-electron chi connectivity index (χ4n) is 2.34. The van der Waals surface area contributed by atoms with Gasteiger partial charge in [-0.25, -0.2) is 5.43 Å². The van der Waals surface area contributed by atoms with Crippen molar-refractivity contribution in [3.63, 3.8) is 0 Å². The molecule has 0 aliphatic heterocycles. The van der Waals surface area contributed by atoms with Gasteiger partial charge in [0.1, 0.15) is 5.69 Å². The summed E-state index contributed by atoms with van der Waals surface area (Å²) >= 11 is 12.1. The van der Waals surface area contributed by atoms with Gasteiger partial charge in [-0.3, -0.25) is 9.89 Å². The molecule has 3 aromatic rings. The molecule has 0 spiro atoms. The Morgan fingerprint density at radius 3 is 2.65 bits per heavy atom. The summed E-state index contributed by atoms with van der Waals surface area (Å²) in [5.41, 5.74) is 6.14. The lowest BCUT2D eigenvalue weighted by Crippen LogP contribution is -2.18. The zero-order valence-electron chi connectivity index (χ0n) is 14.0. The molecule has 0 fully saturated rings. The average Bonchev–Trinajstić information content (AvgIpc) is 3.12. The first-order valence-electron chi connectivity index (χ1n) is 8.00. The predicted octanol–water partition coefficient (Wildman–Crippen LogP) is 4.71. The van der Waals surface area contributed by atoms with Gasteiger partial charge in [0.05, 0.1) is 16.9 Å². The second-order valence-electron chi connectivity index (χ2n) is 5.59. The number of carbonyl (C=O) groups is 1. The van der Waals surface area contributed by atoms with Gasteiger partial charge in [0.25, 0.3) is 5.91 Å². The van der Waals surface area contributed by atoms with Crippen LogP contribution in [0.15, 0.2) is 53.6 Å². The number of H-pyrrole nitrogens is 1. The molecule has 7 heteroatoms. The average molecular weight is 387 g/mol. The fourth-order valence-corrected chi connectivity index (χ4v) is 2.84. The third kappa shape index (κ3) is 4.31. The van der Waals surface area contributed by atoms with Crippen LogP contribution in [-0.4, -0.2) is 22.3 Å². The molecule has 3 rings (SSSR count). The number of nitrogens with zero attached hydrogens (tertiary/aromatic N) is 2. The van der Waals surface area contributed by atoms with E-state index in [2.05, 4.69) is 27.6 Å². The van der Waals surface area contributed by atoms with E-state index in [0.29, 0.717) is 21.3 Å². The van der Waals surface area contributed by atoms with E-state index in [0.717, 1.165) is 12.0 Å². The van der Waals surface area contributed by atoms with Crippen molar-refractivity contribution in [3.8, 4) is 11.3 Å². The minimum Gasteiger partial charge on any atom is -0.272 e. The van der Waals surface area contributed by atoms with Gasteiger partial charge in [0.15, 0.2) is 0 Å². The van der Waals surface area contributed by atoms with Crippen LogP contribution < -0.4 is 5.43 Å². The van der Waals surface area contributed by atoms with Crippen LogP contribution in [0, 0.1) is 0 Å². The quantitative estimate of drug-likeness (QED) is 0.492. The number of halogens is 2. The molecule has 0 saturated carbocycles. The lowest BCUT2D eigenvalue weighted by atomic mass is 10.1. The summed E-state index contributed by atoms with van der Waals surface area (Å²) in [7, 11) is 0. The zero-order valence-corrected chi connectivity index (χ0v) is 15.5. The number of aromatic amines is 1. The molecular formula is C19H16Cl2N4O. The smallest absolute Gasteiger partial charge is 0.272 e. The monoisotopic (exact) mass is 386 g/mol. The normalized spacial score (nSPS) is 11.0. The number of hydrogen-bond acceptors (Lipinski definition) is 3. The summed E-state index contributed by atoms with van der Waals surface area (Å²) in [4.78, 5) is 12.2. The molecule has 5 nitrogen and oxygen atoms in total. The van der Waals surface area contributed by atoms with Gasteiger partial charge in [-0.1, -0.05) is 54.4 Å². The third-order valence-electron chi connectivity index (χ3n) is 3.80. The van der Waals surface area contributed by atoms with Crippen LogP contribution in [-0.2, 0) is 6.42 Å². The summed E-state index contributed by atoms with van der Waals surface area (Å²) in [5.74, 6) is -0.393. The number of nitrogens with one attached hydrogen (secondary N) is 2. The second kappa shape index (κ2) is 8.17. The molecule has 1 heterocycles. The molecule has 0 bridgehead atoms. The molecule has 2 N–H and O–H groups in total. The Hall–Kier alpha value is -2.63. The molecule has 0 aliphatic rings. The lowest BCUT2D eigenvalue weighted by molar-refractivity contribution is 0.0950. The van der Waals surface area contributed by atoms with Gasteiger partial charge in [0, 0.05) is 10.6 Å². The van der Waals surface area contributed by atoms with E-state index in [-0.39, 0.29) is 5.69 Å². The maximum absolute atomic E-state index is 12.2. The predicted molar refractivity (Wildman–Crippen MR) is 105 cm³/mol. The van der Waals surface area contributed by atoms with Crippen LogP contribution in [0.1, 0.15) is 28.5 Å². The lowest BCUT2D eigenvalue weighted by Gasteiger charge is -2.00. The fraction of sp³-hybridized carbons (Fsp3) is 0.105. The SMILES string of the molecule is CCc1ccc(C=NNC(=O)c2cc(-c3ccc(Cl)cc3Cl)n[nH]2)cc1. The van der Waals surface area contributed by atoms with Crippen LogP contribution in [0.5, 0.6) is 0 Å². The van der Waals surface area contributed by atoms with E-state index in [4.69, 9.17) is 23.2 Å². The van der Waals surface area contributed by atoms with Crippen LogP contribution in [0.25, 0.3) is 11.3 Å². The van der Waals surface area contributed by atoms with Gasteiger partial charge >= 0.3 is 0 Å². The van der Waals surface area contributed by atoms with Crippen molar-refractivity contribution in [2.24, 2.45) is 5.10 Å². The maximum atomic E-state index is 12.2. The summed E-state index contributed by atoms with van der Waals surface area (Å²) in [6.07, 6.45) is 2.57. The molecule has 132 valence electrons. The summed E-state index contributed by atoms with van der Waals surface area (Å²) in [6.45, 7) is 2.10. The van der Waals surface area contributed by atoms with E-state index in [1.54, 1.807) is 30.5 Å². The number of aryl methyl sites for hydroxylation is 1. The van der Waals surface area contributed by atoms with E-state index in [1.807, 2.05) is 24.3 Å². The topological polar surface area (TPSA) is 70.1 Å². The van der Waals surface area contributed by atoms with Crippen LogP contribution in [0.2, 0.25) is 10.0 Å². The van der Waals surface area contributed by atoms with Crippen molar-refractivity contribution < 1.29 is 4.79 Å². The minimum absolute atomic E-state index is 0.282. The highest BCUT2D eigenvalue weighted by atomic mass is 35.5. The molecule has 2 aromatic carbocycles. The van der Waals surface area contributed by atoms with Crippen molar-refractivity contribution in [2.45, 2.75) is 13.3 Å². The first-order valence-corrected chi connectivity index (χ1v) is 8.75. The molecule has 26 heavy (non-hydrogen) atoms. The number of carbonyl (C=O) groups excluding carboxylic acids is 1. The van der Waals surface area contributed by atoms with Gasteiger partial charge in [-0.05, 0) is 41.8 Å². The first-order chi connectivity index (χ1) is 12.6. The molecule has 0 aliphatic carbocycles. The molecular weight excluding hydrogens is 371 g/mol. The van der Waals surface area contributed by atoms with E-state index in [9.17, 15) is 4.79 Å². The standard InChI is InChI=1S/C19H16Cl2N4O/c1-2-12-3-5-13(6-4-12)11-22-25-19(26)18-10-17(23-24-18)15-8-7-14(20)9-16(15)21/h3-11H,2H2,1H3,(H,23,24)(H,25,26). The van der Waals surface area contributed by atoms with Crippen molar-refractivity contribution in [3.05, 3.63) is 75.4 Å². The Bertz CT molecular complexity index is 948. The van der Waals surface area contributed by atoms with E-state index < -0.39 is 5.91 Å². The number of amides is 1. The van der Waals surface area contributed by atoms with Gasteiger partial charge in [0.2, 0.25) is 0 Å². The van der Waals surface area contributed by atoms with Crippen molar-refractivity contribution in [2.75, 3.05) is 0 Å². The Kier molecular flexibility index (Phi) is 5.71. The van der Waals surface area contributed by atoms with Crippen LogP contribution in [0.4, 0.5) is 0 Å². The molecule has 0 unspecified atom stereocenters. The highest BCUT2D eigenvalue weighted by Gasteiger charge is 2.12. The Morgan fingerprint density at radius 1 is 1.19 bits per heavy atom. The van der Waals surface area contributed by atoms with Crippen molar-refractivity contribution >= 4 is 35.3 Å². The van der Waals surface area contributed by atoms with E-state index in [1.165, 1.54) is 5.56 Å². The minimum atomic E-state index is -0.393. The Labute approximate surface area is 161 Å². The van der Waals surface area contributed by atoms with Crippen LogP contribution in [0.3, 0.4) is 0 Å². The van der Waals surface area contributed by atoms with Crippen LogP contribution >= 0.6 is 23.2 Å². The number of hydrazone groups is 1. The number of benzene rings is 2. The Morgan fingerprint density at radius 2 is 1.96 bits per heavy atom. The molecule has 0 radical (unpaired) electrons. The molecule has 0 atom stereocenters. The van der Waals surface area contributed by atoms with Crippen molar-refractivity contribution in [1.29, 1.82) is 0 Å². The zero-order chi connectivity index (χ0) is 18.5. The summed E-state index contributed by atoms with van der Waals surface area (Å²) in [5, 5.41) is 11.8. The van der Waals surface area contributed by atoms with Crippen molar-refractivity contribution in [1.82, 2.24) is 15.6 Å². The third-order valence-corrected chi connectivity index (χ3v) is 4.35. The number of rotatable bonds is 5. The summed E-state index contributed by atoms with van der Waals surface area (Å²) in [6, 6.07) is 14.7. The largest absolute Gasteiger partial charge is 0.289 e. The Balaban J connectivity index is 1.67. The second-order valence-corrected chi connectivity index (χ2v) is 6.43. The highest BCUT2D eigenvalue weighted by Crippen LogP contribution is 2.29. The highest BCUT2D eigenvalue weighted by molar-refractivity contribution is 6.36. The number of hydrogen-bond donors (Lipinski definition) is 2. The molecule has 1 amide bonds. The van der Waals surface area contributed by atoms with Gasteiger partial charge in [-0.2, -0.15) is 10.2 Å².